The van der Waals surface area contributed by atoms with Gasteiger partial charge in [-0.15, -0.1) is 11.8 Å². The van der Waals surface area contributed by atoms with E-state index in [9.17, 15) is 9.18 Å². The van der Waals surface area contributed by atoms with Crippen LogP contribution in [0.2, 0.25) is 0 Å². The van der Waals surface area contributed by atoms with Crippen molar-refractivity contribution in [3.05, 3.63) is 35.6 Å². The lowest BCUT2D eigenvalue weighted by atomic mass is 10.2. The fourth-order valence-corrected chi connectivity index (χ4v) is 3.29. The van der Waals surface area contributed by atoms with Crippen LogP contribution in [0.4, 0.5) is 4.39 Å². The molecule has 0 radical (unpaired) electrons. The second-order valence-corrected chi connectivity index (χ2v) is 5.30. The number of amides is 1. The third-order valence-corrected chi connectivity index (χ3v) is 4.07. The molecule has 1 heterocycles. The first kappa shape index (κ1) is 12.4. The standard InChI is InChI=1S/C13H16FNOS/c1-2-4-12(16)15-7-8-17-13(15)10-5-3-6-11(14)9-10/h3,5-6,9,13H,2,4,7-8H2,1H3. The Morgan fingerprint density at radius 3 is 3.12 bits per heavy atom. The molecule has 1 aliphatic rings. The van der Waals surface area contributed by atoms with Gasteiger partial charge in [-0.25, -0.2) is 4.39 Å². The Bertz CT molecular complexity index is 410. The summed E-state index contributed by atoms with van der Waals surface area (Å²) in [5.41, 5.74) is 0.886. The van der Waals surface area contributed by atoms with Gasteiger partial charge in [-0.1, -0.05) is 19.1 Å². The number of benzene rings is 1. The van der Waals surface area contributed by atoms with Crippen molar-refractivity contribution in [1.29, 1.82) is 0 Å². The molecule has 1 aromatic rings. The lowest BCUT2D eigenvalue weighted by Gasteiger charge is -2.24. The molecule has 1 atom stereocenters. The van der Waals surface area contributed by atoms with Gasteiger partial charge in [0.15, 0.2) is 0 Å². The summed E-state index contributed by atoms with van der Waals surface area (Å²) in [4.78, 5) is 13.8. The van der Waals surface area contributed by atoms with Gasteiger partial charge < -0.3 is 4.90 Å². The summed E-state index contributed by atoms with van der Waals surface area (Å²) in [6.45, 7) is 2.77. The molecule has 92 valence electrons. The lowest BCUT2D eigenvalue weighted by molar-refractivity contribution is -0.131. The summed E-state index contributed by atoms with van der Waals surface area (Å²) >= 11 is 1.70. The Hall–Kier alpha value is -1.03. The van der Waals surface area contributed by atoms with Crippen LogP contribution in [0.15, 0.2) is 24.3 Å². The van der Waals surface area contributed by atoms with Crippen molar-refractivity contribution in [2.24, 2.45) is 0 Å². The van der Waals surface area contributed by atoms with E-state index in [-0.39, 0.29) is 17.1 Å². The minimum absolute atomic E-state index is 0.00949. The van der Waals surface area contributed by atoms with E-state index in [0.29, 0.717) is 6.42 Å². The van der Waals surface area contributed by atoms with Crippen molar-refractivity contribution < 1.29 is 9.18 Å². The average molecular weight is 253 g/mol. The van der Waals surface area contributed by atoms with Gasteiger partial charge in [0, 0.05) is 18.7 Å². The van der Waals surface area contributed by atoms with Gasteiger partial charge in [0.05, 0.1) is 0 Å². The smallest absolute Gasteiger partial charge is 0.223 e. The quantitative estimate of drug-likeness (QED) is 0.824. The molecule has 1 aliphatic heterocycles. The minimum Gasteiger partial charge on any atom is -0.326 e. The van der Waals surface area contributed by atoms with E-state index in [1.54, 1.807) is 17.8 Å². The number of hydrogen-bond acceptors (Lipinski definition) is 2. The lowest BCUT2D eigenvalue weighted by Crippen LogP contribution is -2.30. The van der Waals surface area contributed by atoms with Gasteiger partial charge in [-0.05, 0) is 24.1 Å². The third kappa shape index (κ3) is 2.80. The van der Waals surface area contributed by atoms with Crippen LogP contribution in [0.25, 0.3) is 0 Å². The van der Waals surface area contributed by atoms with Crippen molar-refractivity contribution in [2.75, 3.05) is 12.3 Å². The van der Waals surface area contributed by atoms with E-state index in [0.717, 1.165) is 24.3 Å². The number of carbonyl (C=O) groups excluding carboxylic acids is 1. The third-order valence-electron chi connectivity index (χ3n) is 2.81. The van der Waals surface area contributed by atoms with E-state index in [1.807, 2.05) is 17.9 Å². The van der Waals surface area contributed by atoms with Crippen molar-refractivity contribution in [2.45, 2.75) is 25.1 Å². The highest BCUT2D eigenvalue weighted by Gasteiger charge is 2.29. The molecule has 4 heteroatoms. The molecule has 0 bridgehead atoms. The molecule has 0 N–H and O–H groups in total. The van der Waals surface area contributed by atoms with Gasteiger partial charge in [-0.3, -0.25) is 4.79 Å². The number of thioether (sulfide) groups is 1. The van der Waals surface area contributed by atoms with Gasteiger partial charge >= 0.3 is 0 Å². The van der Waals surface area contributed by atoms with E-state index in [2.05, 4.69) is 0 Å². The summed E-state index contributed by atoms with van der Waals surface area (Å²) in [7, 11) is 0. The summed E-state index contributed by atoms with van der Waals surface area (Å²) < 4.78 is 13.2. The maximum absolute atomic E-state index is 13.2. The van der Waals surface area contributed by atoms with Crippen LogP contribution >= 0.6 is 11.8 Å². The normalized spacial score (nSPS) is 19.6. The summed E-state index contributed by atoms with van der Waals surface area (Å²) in [5, 5.41) is -0.00949. The number of carbonyl (C=O) groups is 1. The molecule has 1 aromatic carbocycles. The van der Waals surface area contributed by atoms with Gasteiger partial charge in [-0.2, -0.15) is 0 Å². The van der Waals surface area contributed by atoms with Gasteiger partial charge in [0.1, 0.15) is 11.2 Å². The molecule has 1 amide bonds. The Morgan fingerprint density at radius 2 is 2.41 bits per heavy atom. The Morgan fingerprint density at radius 1 is 1.59 bits per heavy atom. The van der Waals surface area contributed by atoms with E-state index >= 15 is 0 Å². The summed E-state index contributed by atoms with van der Waals surface area (Å²) in [5.74, 6) is 0.862. The molecular weight excluding hydrogens is 237 g/mol. The van der Waals surface area contributed by atoms with Crippen LogP contribution in [0.3, 0.4) is 0 Å². The molecule has 2 nitrogen and oxygen atoms in total. The number of halogens is 1. The Balaban J connectivity index is 2.17. The summed E-state index contributed by atoms with van der Waals surface area (Å²) in [6, 6.07) is 6.54. The average Bonchev–Trinajstić information content (AvgIpc) is 2.78. The predicted molar refractivity (Wildman–Crippen MR) is 68.2 cm³/mol. The zero-order valence-corrected chi connectivity index (χ0v) is 10.7. The van der Waals surface area contributed by atoms with Crippen molar-refractivity contribution >= 4 is 17.7 Å². The second-order valence-electron chi connectivity index (χ2n) is 4.12. The summed E-state index contributed by atoms with van der Waals surface area (Å²) in [6.07, 6.45) is 1.43. The minimum atomic E-state index is -0.238. The van der Waals surface area contributed by atoms with Crippen LogP contribution in [0, 0.1) is 5.82 Å². The van der Waals surface area contributed by atoms with Crippen LogP contribution in [-0.2, 0) is 4.79 Å². The van der Waals surface area contributed by atoms with E-state index < -0.39 is 0 Å². The molecule has 17 heavy (non-hydrogen) atoms. The first-order valence-electron chi connectivity index (χ1n) is 5.89. The second kappa shape index (κ2) is 5.54. The highest BCUT2D eigenvalue weighted by Crippen LogP contribution is 2.38. The van der Waals surface area contributed by atoms with E-state index in [4.69, 9.17) is 0 Å². The highest BCUT2D eigenvalue weighted by atomic mass is 32.2. The molecule has 1 fully saturated rings. The largest absolute Gasteiger partial charge is 0.326 e. The predicted octanol–water partition coefficient (Wildman–Crippen LogP) is 3.20. The van der Waals surface area contributed by atoms with Crippen LogP contribution in [0.1, 0.15) is 30.7 Å². The van der Waals surface area contributed by atoms with Crippen molar-refractivity contribution in [3.8, 4) is 0 Å². The maximum Gasteiger partial charge on any atom is 0.223 e. The zero-order chi connectivity index (χ0) is 12.3. The zero-order valence-electron chi connectivity index (χ0n) is 9.86. The monoisotopic (exact) mass is 253 g/mol. The van der Waals surface area contributed by atoms with E-state index in [1.165, 1.54) is 12.1 Å². The molecule has 0 spiro atoms. The first-order chi connectivity index (χ1) is 8.22. The molecular formula is C13H16FNOS. The molecule has 0 aliphatic carbocycles. The van der Waals surface area contributed by atoms with Crippen LogP contribution in [-0.4, -0.2) is 23.1 Å². The van der Waals surface area contributed by atoms with Gasteiger partial charge in [0.2, 0.25) is 5.91 Å². The first-order valence-corrected chi connectivity index (χ1v) is 6.93. The maximum atomic E-state index is 13.2. The SMILES string of the molecule is CCCC(=O)N1CCSC1c1cccc(F)c1. The number of hydrogen-bond donors (Lipinski definition) is 0. The van der Waals surface area contributed by atoms with Gasteiger partial charge in [0.25, 0.3) is 0 Å². The van der Waals surface area contributed by atoms with Crippen LogP contribution in [0.5, 0.6) is 0 Å². The Kier molecular flexibility index (Phi) is 4.05. The number of nitrogens with zero attached hydrogens (tertiary/aromatic N) is 1. The topological polar surface area (TPSA) is 20.3 Å². The fraction of sp³-hybridized carbons (Fsp3) is 0.462. The van der Waals surface area contributed by atoms with Crippen molar-refractivity contribution in [3.63, 3.8) is 0 Å². The molecule has 1 unspecified atom stereocenters. The number of rotatable bonds is 3. The molecule has 0 saturated carbocycles. The molecule has 0 aromatic heterocycles. The highest BCUT2D eigenvalue weighted by molar-refractivity contribution is 7.99. The molecule has 2 rings (SSSR count). The fourth-order valence-electron chi connectivity index (χ4n) is 2.02. The molecule has 1 saturated heterocycles. The van der Waals surface area contributed by atoms with Crippen LogP contribution < -0.4 is 0 Å². The van der Waals surface area contributed by atoms with Crippen molar-refractivity contribution in [1.82, 2.24) is 4.90 Å². The Labute approximate surface area is 105 Å².